The van der Waals surface area contributed by atoms with Gasteiger partial charge in [-0.05, 0) is 12.1 Å². The Morgan fingerprint density at radius 2 is 2.36 bits per heavy atom. The van der Waals surface area contributed by atoms with Gasteiger partial charge in [-0.3, -0.25) is 0 Å². The SMILES string of the molecule is C#CCOc1ccc(F)cc1NC(=O)NCc1nncn1C. The molecule has 0 spiro atoms. The third-order valence-electron chi connectivity index (χ3n) is 2.71. The zero-order valence-corrected chi connectivity index (χ0v) is 11.8. The maximum atomic E-state index is 13.3. The van der Waals surface area contributed by atoms with Crippen LogP contribution in [-0.2, 0) is 13.6 Å². The summed E-state index contributed by atoms with van der Waals surface area (Å²) < 4.78 is 20.2. The first-order valence-corrected chi connectivity index (χ1v) is 6.33. The molecule has 0 saturated carbocycles. The molecule has 0 unspecified atom stereocenters. The number of hydrogen-bond donors (Lipinski definition) is 2. The van der Waals surface area contributed by atoms with Gasteiger partial charge in [0, 0.05) is 13.1 Å². The Labute approximate surface area is 126 Å². The van der Waals surface area contributed by atoms with Gasteiger partial charge in [-0.1, -0.05) is 5.92 Å². The summed E-state index contributed by atoms with van der Waals surface area (Å²) in [5.41, 5.74) is 0.186. The van der Waals surface area contributed by atoms with E-state index in [0.717, 1.165) is 6.07 Å². The van der Waals surface area contributed by atoms with Crippen LogP contribution in [0.4, 0.5) is 14.9 Å². The maximum absolute atomic E-state index is 13.3. The monoisotopic (exact) mass is 303 g/mol. The highest BCUT2D eigenvalue weighted by Gasteiger charge is 2.10. The molecule has 0 saturated heterocycles. The minimum absolute atomic E-state index is 0.0148. The Kier molecular flexibility index (Phi) is 4.93. The number of carbonyl (C=O) groups is 1. The number of aryl methyl sites for hydroxylation is 1. The molecule has 0 bridgehead atoms. The van der Waals surface area contributed by atoms with Crippen LogP contribution in [0, 0.1) is 18.2 Å². The minimum Gasteiger partial charge on any atom is -0.479 e. The van der Waals surface area contributed by atoms with E-state index in [9.17, 15) is 9.18 Å². The zero-order chi connectivity index (χ0) is 15.9. The standard InChI is InChI=1S/C14H14FN5O2/c1-3-6-22-12-5-4-10(15)7-11(12)18-14(21)16-8-13-19-17-9-20(13)2/h1,4-5,7,9H,6,8H2,2H3,(H2,16,18,21). The van der Waals surface area contributed by atoms with Crippen molar-refractivity contribution < 1.29 is 13.9 Å². The molecule has 7 nitrogen and oxygen atoms in total. The Hall–Kier alpha value is -3.08. The number of halogens is 1. The summed E-state index contributed by atoms with van der Waals surface area (Å²) in [4.78, 5) is 11.9. The van der Waals surface area contributed by atoms with Gasteiger partial charge in [0.15, 0.2) is 5.82 Å². The van der Waals surface area contributed by atoms with E-state index in [4.69, 9.17) is 11.2 Å². The number of amides is 2. The number of benzene rings is 1. The van der Waals surface area contributed by atoms with Crippen molar-refractivity contribution in [3.63, 3.8) is 0 Å². The Morgan fingerprint density at radius 1 is 1.55 bits per heavy atom. The molecule has 0 atom stereocenters. The lowest BCUT2D eigenvalue weighted by atomic mass is 10.3. The fraction of sp³-hybridized carbons (Fsp3) is 0.214. The molecular weight excluding hydrogens is 289 g/mol. The van der Waals surface area contributed by atoms with Gasteiger partial charge < -0.3 is 19.9 Å². The Bertz CT molecular complexity index is 707. The average molecular weight is 303 g/mol. The zero-order valence-electron chi connectivity index (χ0n) is 11.8. The molecule has 114 valence electrons. The predicted octanol–water partition coefficient (Wildman–Crippen LogP) is 1.29. The highest BCUT2D eigenvalue weighted by molar-refractivity contribution is 5.90. The van der Waals surface area contributed by atoms with E-state index < -0.39 is 11.8 Å². The van der Waals surface area contributed by atoms with E-state index in [1.807, 2.05) is 0 Å². The number of anilines is 1. The number of urea groups is 1. The molecule has 0 radical (unpaired) electrons. The van der Waals surface area contributed by atoms with Crippen LogP contribution in [0.2, 0.25) is 0 Å². The van der Waals surface area contributed by atoms with Gasteiger partial charge in [0.05, 0.1) is 12.2 Å². The number of nitrogens with zero attached hydrogens (tertiary/aromatic N) is 3. The summed E-state index contributed by atoms with van der Waals surface area (Å²) in [6.07, 6.45) is 6.63. The quantitative estimate of drug-likeness (QED) is 0.816. The van der Waals surface area contributed by atoms with E-state index in [1.165, 1.54) is 18.5 Å². The third-order valence-corrected chi connectivity index (χ3v) is 2.71. The van der Waals surface area contributed by atoms with Gasteiger partial charge in [-0.2, -0.15) is 0 Å². The lowest BCUT2D eigenvalue weighted by molar-refractivity contribution is 0.251. The number of rotatable bonds is 5. The van der Waals surface area contributed by atoms with Crippen LogP contribution in [0.15, 0.2) is 24.5 Å². The molecule has 8 heteroatoms. The summed E-state index contributed by atoms with van der Waals surface area (Å²) in [5.74, 6) is 2.66. The summed E-state index contributed by atoms with van der Waals surface area (Å²) in [6.45, 7) is 0.194. The van der Waals surface area contributed by atoms with Crippen molar-refractivity contribution in [2.45, 2.75) is 6.54 Å². The number of terminal acetylenes is 1. The van der Waals surface area contributed by atoms with E-state index >= 15 is 0 Å². The molecule has 2 rings (SSSR count). The van der Waals surface area contributed by atoms with Crippen molar-refractivity contribution in [1.82, 2.24) is 20.1 Å². The molecule has 0 aliphatic carbocycles. The molecule has 0 aliphatic rings. The second kappa shape index (κ2) is 7.08. The van der Waals surface area contributed by atoms with Gasteiger partial charge in [-0.15, -0.1) is 16.6 Å². The molecule has 1 aromatic carbocycles. The van der Waals surface area contributed by atoms with Crippen LogP contribution in [0.3, 0.4) is 0 Å². The van der Waals surface area contributed by atoms with Crippen molar-refractivity contribution >= 4 is 11.7 Å². The van der Waals surface area contributed by atoms with Crippen molar-refractivity contribution in [2.75, 3.05) is 11.9 Å². The number of hydrogen-bond acceptors (Lipinski definition) is 4. The fourth-order valence-electron chi connectivity index (χ4n) is 1.64. The third kappa shape index (κ3) is 3.96. The second-order valence-corrected chi connectivity index (χ2v) is 4.30. The number of nitrogens with one attached hydrogen (secondary N) is 2. The highest BCUT2D eigenvalue weighted by Crippen LogP contribution is 2.25. The van der Waals surface area contributed by atoms with Gasteiger partial charge in [0.2, 0.25) is 0 Å². The topological polar surface area (TPSA) is 81.1 Å². The Morgan fingerprint density at radius 3 is 3.05 bits per heavy atom. The van der Waals surface area contributed by atoms with Crippen LogP contribution >= 0.6 is 0 Å². The Balaban J connectivity index is 2.00. The number of carbonyl (C=O) groups excluding carboxylic acids is 1. The fourth-order valence-corrected chi connectivity index (χ4v) is 1.64. The van der Waals surface area contributed by atoms with Gasteiger partial charge in [0.1, 0.15) is 24.5 Å². The number of aromatic nitrogens is 3. The summed E-state index contributed by atoms with van der Waals surface area (Å²) >= 11 is 0. The van der Waals surface area contributed by atoms with Gasteiger partial charge in [-0.25, -0.2) is 9.18 Å². The first kappa shape index (κ1) is 15.3. The van der Waals surface area contributed by atoms with Gasteiger partial charge in [0.25, 0.3) is 0 Å². The molecule has 2 amide bonds. The lowest BCUT2D eigenvalue weighted by Gasteiger charge is -2.12. The van der Waals surface area contributed by atoms with E-state index in [1.54, 1.807) is 11.6 Å². The second-order valence-electron chi connectivity index (χ2n) is 4.30. The van der Waals surface area contributed by atoms with Crippen molar-refractivity contribution in [3.8, 4) is 18.1 Å². The number of ether oxygens (including phenoxy) is 1. The molecule has 0 aliphatic heterocycles. The lowest BCUT2D eigenvalue weighted by Crippen LogP contribution is -2.29. The molecule has 2 N–H and O–H groups in total. The molecule has 1 aromatic heterocycles. The summed E-state index contributed by atoms with van der Waals surface area (Å²) in [6, 6.07) is 3.23. The van der Waals surface area contributed by atoms with Crippen LogP contribution < -0.4 is 15.4 Å². The smallest absolute Gasteiger partial charge is 0.319 e. The molecule has 0 fully saturated rings. The molecular formula is C14H14FN5O2. The minimum atomic E-state index is -0.529. The van der Waals surface area contributed by atoms with Crippen LogP contribution in [-0.4, -0.2) is 27.4 Å². The van der Waals surface area contributed by atoms with Crippen LogP contribution in [0.25, 0.3) is 0 Å². The van der Waals surface area contributed by atoms with Crippen LogP contribution in [0.5, 0.6) is 5.75 Å². The van der Waals surface area contributed by atoms with E-state index in [-0.39, 0.29) is 24.6 Å². The molecule has 22 heavy (non-hydrogen) atoms. The van der Waals surface area contributed by atoms with Gasteiger partial charge >= 0.3 is 6.03 Å². The summed E-state index contributed by atoms with van der Waals surface area (Å²) in [5, 5.41) is 12.6. The van der Waals surface area contributed by atoms with Crippen molar-refractivity contribution in [1.29, 1.82) is 0 Å². The van der Waals surface area contributed by atoms with E-state index in [2.05, 4.69) is 26.8 Å². The molecule has 2 aromatic rings. The van der Waals surface area contributed by atoms with Crippen LogP contribution in [0.1, 0.15) is 5.82 Å². The first-order valence-electron chi connectivity index (χ1n) is 6.33. The maximum Gasteiger partial charge on any atom is 0.319 e. The largest absolute Gasteiger partial charge is 0.479 e. The summed E-state index contributed by atoms with van der Waals surface area (Å²) in [7, 11) is 1.76. The predicted molar refractivity (Wildman–Crippen MR) is 77.6 cm³/mol. The van der Waals surface area contributed by atoms with Crippen molar-refractivity contribution in [2.24, 2.45) is 7.05 Å². The first-order chi connectivity index (χ1) is 10.6. The normalized spacial score (nSPS) is 9.86. The highest BCUT2D eigenvalue weighted by atomic mass is 19.1. The molecule has 1 heterocycles. The van der Waals surface area contributed by atoms with E-state index in [0.29, 0.717) is 5.82 Å². The average Bonchev–Trinajstić information content (AvgIpc) is 2.90. The van der Waals surface area contributed by atoms with Crippen molar-refractivity contribution in [3.05, 3.63) is 36.2 Å².